The topological polar surface area (TPSA) is 33.0 Å². The van der Waals surface area contributed by atoms with Crippen molar-refractivity contribution < 1.29 is 4.74 Å². The van der Waals surface area contributed by atoms with Crippen LogP contribution in [-0.2, 0) is 4.74 Å². The zero-order valence-corrected chi connectivity index (χ0v) is 7.75. The standard InChI is InChI=1S/C10H17NO/c1-12-10(8-11)7-9-5-3-2-4-6-9/h9-10H,2-7H2,1H3. The van der Waals surface area contributed by atoms with Crippen molar-refractivity contribution in [2.45, 2.75) is 44.6 Å². The second-order valence-corrected chi connectivity index (χ2v) is 3.59. The van der Waals surface area contributed by atoms with Gasteiger partial charge in [0.25, 0.3) is 0 Å². The first kappa shape index (κ1) is 9.54. The van der Waals surface area contributed by atoms with Crippen LogP contribution >= 0.6 is 0 Å². The van der Waals surface area contributed by atoms with E-state index in [-0.39, 0.29) is 6.10 Å². The van der Waals surface area contributed by atoms with Crippen molar-refractivity contribution in [2.75, 3.05) is 7.11 Å². The lowest BCUT2D eigenvalue weighted by Crippen LogP contribution is -2.16. The number of methoxy groups -OCH3 is 1. The summed E-state index contributed by atoms with van der Waals surface area (Å²) in [6, 6.07) is 2.18. The molecule has 1 aliphatic carbocycles. The van der Waals surface area contributed by atoms with Gasteiger partial charge in [-0.25, -0.2) is 0 Å². The minimum absolute atomic E-state index is 0.173. The highest BCUT2D eigenvalue weighted by Gasteiger charge is 2.17. The summed E-state index contributed by atoms with van der Waals surface area (Å²) < 4.78 is 5.04. The lowest BCUT2D eigenvalue weighted by Gasteiger charge is -2.22. The van der Waals surface area contributed by atoms with Gasteiger partial charge in [0.05, 0.1) is 6.07 Å². The van der Waals surface area contributed by atoms with Gasteiger partial charge in [-0.1, -0.05) is 32.1 Å². The first-order chi connectivity index (χ1) is 5.86. The van der Waals surface area contributed by atoms with Gasteiger partial charge in [0.1, 0.15) is 6.10 Å². The van der Waals surface area contributed by atoms with Crippen LogP contribution < -0.4 is 0 Å². The minimum atomic E-state index is -0.173. The van der Waals surface area contributed by atoms with E-state index in [1.807, 2.05) is 0 Å². The second-order valence-electron chi connectivity index (χ2n) is 3.59. The van der Waals surface area contributed by atoms with Crippen molar-refractivity contribution in [3.63, 3.8) is 0 Å². The molecule has 0 aliphatic heterocycles. The molecule has 68 valence electrons. The Labute approximate surface area is 74.5 Å². The van der Waals surface area contributed by atoms with Crippen LogP contribution in [0.2, 0.25) is 0 Å². The predicted octanol–water partition coefficient (Wildman–Crippen LogP) is 2.50. The lowest BCUT2D eigenvalue weighted by atomic mass is 9.85. The molecule has 1 fully saturated rings. The monoisotopic (exact) mass is 167 g/mol. The summed E-state index contributed by atoms with van der Waals surface area (Å²) in [6.45, 7) is 0. The van der Waals surface area contributed by atoms with Crippen molar-refractivity contribution in [1.82, 2.24) is 0 Å². The van der Waals surface area contributed by atoms with E-state index in [2.05, 4.69) is 6.07 Å². The third-order valence-corrected chi connectivity index (χ3v) is 2.70. The van der Waals surface area contributed by atoms with Gasteiger partial charge in [-0.3, -0.25) is 0 Å². The van der Waals surface area contributed by atoms with Gasteiger partial charge >= 0.3 is 0 Å². The molecule has 12 heavy (non-hydrogen) atoms. The molecule has 1 atom stereocenters. The Balaban J connectivity index is 2.24. The Kier molecular flexibility index (Phi) is 4.10. The van der Waals surface area contributed by atoms with E-state index in [4.69, 9.17) is 10.00 Å². The summed E-state index contributed by atoms with van der Waals surface area (Å²) in [5.41, 5.74) is 0. The molecule has 0 saturated heterocycles. The maximum atomic E-state index is 8.68. The van der Waals surface area contributed by atoms with Crippen LogP contribution in [-0.4, -0.2) is 13.2 Å². The van der Waals surface area contributed by atoms with Gasteiger partial charge in [-0.15, -0.1) is 0 Å². The van der Waals surface area contributed by atoms with Crippen LogP contribution in [0.1, 0.15) is 38.5 Å². The summed E-state index contributed by atoms with van der Waals surface area (Å²) in [6.07, 6.45) is 7.41. The van der Waals surface area contributed by atoms with Crippen molar-refractivity contribution in [1.29, 1.82) is 5.26 Å². The number of nitrogens with zero attached hydrogens (tertiary/aromatic N) is 1. The van der Waals surface area contributed by atoms with Gasteiger partial charge in [0.2, 0.25) is 0 Å². The van der Waals surface area contributed by atoms with Crippen LogP contribution in [0.15, 0.2) is 0 Å². The Morgan fingerprint density at radius 2 is 2.08 bits per heavy atom. The van der Waals surface area contributed by atoms with Crippen LogP contribution in [0.5, 0.6) is 0 Å². The average Bonchev–Trinajstić information content (AvgIpc) is 2.16. The van der Waals surface area contributed by atoms with Crippen LogP contribution in [0.4, 0.5) is 0 Å². The van der Waals surface area contributed by atoms with E-state index in [1.54, 1.807) is 7.11 Å². The Hall–Kier alpha value is -0.550. The molecule has 1 saturated carbocycles. The molecule has 1 aliphatic rings. The highest BCUT2D eigenvalue weighted by molar-refractivity contribution is 4.86. The predicted molar refractivity (Wildman–Crippen MR) is 47.6 cm³/mol. The first-order valence-corrected chi connectivity index (χ1v) is 4.79. The molecule has 0 heterocycles. The molecule has 0 aromatic rings. The minimum Gasteiger partial charge on any atom is -0.367 e. The van der Waals surface area contributed by atoms with E-state index in [0.717, 1.165) is 12.3 Å². The Morgan fingerprint density at radius 1 is 1.42 bits per heavy atom. The summed E-state index contributed by atoms with van der Waals surface area (Å²) in [7, 11) is 1.62. The number of nitriles is 1. The smallest absolute Gasteiger partial charge is 0.143 e. The van der Waals surface area contributed by atoms with Crippen LogP contribution in [0.3, 0.4) is 0 Å². The first-order valence-electron chi connectivity index (χ1n) is 4.79. The Bertz CT molecular complexity index is 156. The molecule has 0 radical (unpaired) electrons. The van der Waals surface area contributed by atoms with Gasteiger partial charge in [0, 0.05) is 7.11 Å². The third-order valence-electron chi connectivity index (χ3n) is 2.70. The quantitative estimate of drug-likeness (QED) is 0.647. The molecule has 0 N–H and O–H groups in total. The van der Waals surface area contributed by atoms with Gasteiger partial charge < -0.3 is 4.74 Å². The molecular weight excluding hydrogens is 150 g/mol. The van der Waals surface area contributed by atoms with E-state index in [9.17, 15) is 0 Å². The van der Waals surface area contributed by atoms with E-state index in [0.29, 0.717) is 0 Å². The average molecular weight is 167 g/mol. The molecule has 1 unspecified atom stereocenters. The summed E-state index contributed by atoms with van der Waals surface area (Å²) in [4.78, 5) is 0. The SMILES string of the molecule is COC(C#N)CC1CCCCC1. The maximum Gasteiger partial charge on any atom is 0.143 e. The zero-order valence-electron chi connectivity index (χ0n) is 7.75. The van der Waals surface area contributed by atoms with Gasteiger partial charge in [-0.05, 0) is 12.3 Å². The van der Waals surface area contributed by atoms with Gasteiger partial charge in [0.15, 0.2) is 0 Å². The molecule has 2 heteroatoms. The zero-order chi connectivity index (χ0) is 8.81. The normalized spacial score (nSPS) is 21.7. The van der Waals surface area contributed by atoms with Crippen LogP contribution in [0.25, 0.3) is 0 Å². The van der Waals surface area contributed by atoms with Crippen molar-refractivity contribution in [3.05, 3.63) is 0 Å². The third kappa shape index (κ3) is 2.83. The molecule has 0 amide bonds. The highest BCUT2D eigenvalue weighted by atomic mass is 16.5. The van der Waals surface area contributed by atoms with Crippen LogP contribution in [0, 0.1) is 17.2 Å². The van der Waals surface area contributed by atoms with Crippen molar-refractivity contribution >= 4 is 0 Å². The van der Waals surface area contributed by atoms with Gasteiger partial charge in [-0.2, -0.15) is 5.26 Å². The molecule has 0 aromatic heterocycles. The van der Waals surface area contributed by atoms with E-state index >= 15 is 0 Å². The fraction of sp³-hybridized carbons (Fsp3) is 0.900. The van der Waals surface area contributed by atoms with Crippen molar-refractivity contribution in [2.24, 2.45) is 5.92 Å². The lowest BCUT2D eigenvalue weighted by molar-refractivity contribution is 0.114. The maximum absolute atomic E-state index is 8.68. The van der Waals surface area contributed by atoms with E-state index < -0.39 is 0 Å². The summed E-state index contributed by atoms with van der Waals surface area (Å²) >= 11 is 0. The number of ether oxygens (including phenoxy) is 1. The number of hydrogen-bond donors (Lipinski definition) is 0. The Morgan fingerprint density at radius 3 is 2.58 bits per heavy atom. The molecule has 2 nitrogen and oxygen atoms in total. The second kappa shape index (κ2) is 5.16. The fourth-order valence-electron chi connectivity index (χ4n) is 1.93. The van der Waals surface area contributed by atoms with E-state index in [1.165, 1.54) is 32.1 Å². The summed E-state index contributed by atoms with van der Waals surface area (Å²) in [5.74, 6) is 0.739. The molecule has 0 spiro atoms. The fourth-order valence-corrected chi connectivity index (χ4v) is 1.93. The number of hydrogen-bond acceptors (Lipinski definition) is 2. The van der Waals surface area contributed by atoms with Crippen molar-refractivity contribution in [3.8, 4) is 6.07 Å². The molecule has 1 rings (SSSR count). The molecular formula is C10H17NO. The number of rotatable bonds is 3. The summed E-state index contributed by atoms with van der Waals surface area (Å²) in [5, 5.41) is 8.68. The molecule has 0 aromatic carbocycles. The molecule has 0 bridgehead atoms. The largest absolute Gasteiger partial charge is 0.367 e. The highest BCUT2D eigenvalue weighted by Crippen LogP contribution is 2.27.